The van der Waals surface area contributed by atoms with Gasteiger partial charge in [-0.2, -0.15) is 8.42 Å². The van der Waals surface area contributed by atoms with Crippen LogP contribution in [0.3, 0.4) is 0 Å². The standard InChI is InChI=1S/C11H21NO5S/c1-11(2,3)16-10(13)7-12-8-5-9(6-8)17-18(4,14)15/h8-9,12H,5-7H2,1-4H3. The van der Waals surface area contributed by atoms with E-state index in [0.717, 1.165) is 6.26 Å². The highest BCUT2D eigenvalue weighted by Gasteiger charge is 2.32. The van der Waals surface area contributed by atoms with E-state index in [1.165, 1.54) is 0 Å². The van der Waals surface area contributed by atoms with Crippen LogP contribution in [0.1, 0.15) is 33.6 Å². The van der Waals surface area contributed by atoms with Crippen molar-refractivity contribution in [1.82, 2.24) is 5.32 Å². The molecule has 1 rings (SSSR count). The summed E-state index contributed by atoms with van der Waals surface area (Å²) >= 11 is 0. The molecule has 7 heteroatoms. The van der Waals surface area contributed by atoms with Crippen LogP contribution in [-0.4, -0.2) is 44.9 Å². The van der Waals surface area contributed by atoms with Crippen LogP contribution in [0.5, 0.6) is 0 Å². The van der Waals surface area contributed by atoms with Gasteiger partial charge in [0.25, 0.3) is 10.1 Å². The van der Waals surface area contributed by atoms with Gasteiger partial charge in [0.1, 0.15) is 5.60 Å². The monoisotopic (exact) mass is 279 g/mol. The molecule has 0 radical (unpaired) electrons. The highest BCUT2D eigenvalue weighted by Crippen LogP contribution is 2.24. The third kappa shape index (κ3) is 6.32. The van der Waals surface area contributed by atoms with Crippen LogP contribution in [0.2, 0.25) is 0 Å². The van der Waals surface area contributed by atoms with Crippen molar-refractivity contribution in [3.8, 4) is 0 Å². The maximum atomic E-state index is 11.4. The minimum absolute atomic E-state index is 0.115. The normalized spacial score (nSPS) is 24.4. The van der Waals surface area contributed by atoms with Crippen molar-refractivity contribution in [2.24, 2.45) is 0 Å². The molecule has 1 aliphatic rings. The van der Waals surface area contributed by atoms with E-state index in [-0.39, 0.29) is 24.7 Å². The summed E-state index contributed by atoms with van der Waals surface area (Å²) in [6.45, 7) is 5.56. The lowest BCUT2D eigenvalue weighted by molar-refractivity contribution is -0.154. The molecule has 0 bridgehead atoms. The first-order valence-electron chi connectivity index (χ1n) is 5.89. The molecule has 1 saturated carbocycles. The van der Waals surface area contributed by atoms with Gasteiger partial charge in [-0.25, -0.2) is 0 Å². The van der Waals surface area contributed by atoms with Crippen molar-refractivity contribution < 1.29 is 22.1 Å². The molecule has 0 atom stereocenters. The third-order valence-corrected chi connectivity index (χ3v) is 2.98. The molecule has 0 aliphatic heterocycles. The first-order chi connectivity index (χ1) is 8.05. The molecule has 106 valence electrons. The van der Waals surface area contributed by atoms with E-state index in [1.807, 2.05) is 20.8 Å². The van der Waals surface area contributed by atoms with Gasteiger partial charge < -0.3 is 10.1 Å². The molecule has 1 N–H and O–H groups in total. The second-order valence-corrected chi connectivity index (χ2v) is 7.16. The number of hydrogen-bond acceptors (Lipinski definition) is 6. The number of esters is 1. The average molecular weight is 279 g/mol. The van der Waals surface area contributed by atoms with Crippen molar-refractivity contribution in [3.63, 3.8) is 0 Å². The first kappa shape index (κ1) is 15.4. The van der Waals surface area contributed by atoms with Gasteiger partial charge in [-0.3, -0.25) is 8.98 Å². The largest absolute Gasteiger partial charge is 0.459 e. The molecule has 0 aromatic rings. The zero-order chi connectivity index (χ0) is 14.0. The SMILES string of the molecule is CC(C)(C)OC(=O)CNC1CC(OS(C)(=O)=O)C1. The van der Waals surface area contributed by atoms with Gasteiger partial charge in [0, 0.05) is 6.04 Å². The second kappa shape index (κ2) is 5.54. The van der Waals surface area contributed by atoms with Gasteiger partial charge in [0.15, 0.2) is 0 Å². The Bertz CT molecular complexity index is 392. The minimum Gasteiger partial charge on any atom is -0.459 e. The molecule has 0 spiro atoms. The Morgan fingerprint density at radius 3 is 2.33 bits per heavy atom. The van der Waals surface area contributed by atoms with E-state index in [1.54, 1.807) is 0 Å². The van der Waals surface area contributed by atoms with Crippen molar-refractivity contribution in [1.29, 1.82) is 0 Å². The van der Waals surface area contributed by atoms with Crippen LogP contribution in [0.4, 0.5) is 0 Å². The van der Waals surface area contributed by atoms with Crippen LogP contribution in [-0.2, 0) is 23.8 Å². The van der Waals surface area contributed by atoms with Crippen molar-refractivity contribution >= 4 is 16.1 Å². The number of nitrogens with one attached hydrogen (secondary N) is 1. The lowest BCUT2D eigenvalue weighted by atomic mass is 9.89. The van der Waals surface area contributed by atoms with Crippen molar-refractivity contribution in [3.05, 3.63) is 0 Å². The zero-order valence-corrected chi connectivity index (χ0v) is 12.0. The smallest absolute Gasteiger partial charge is 0.320 e. The Morgan fingerprint density at radius 1 is 1.33 bits per heavy atom. The maximum absolute atomic E-state index is 11.4. The minimum atomic E-state index is -3.38. The predicted octanol–water partition coefficient (Wildman–Crippen LogP) is 0.425. The van der Waals surface area contributed by atoms with Crippen LogP contribution in [0.25, 0.3) is 0 Å². The van der Waals surface area contributed by atoms with Crippen LogP contribution < -0.4 is 5.32 Å². The summed E-state index contributed by atoms with van der Waals surface area (Å²) in [5, 5.41) is 3.01. The number of rotatable bonds is 5. The number of carbonyl (C=O) groups is 1. The van der Waals surface area contributed by atoms with Crippen LogP contribution >= 0.6 is 0 Å². The Labute approximate surface area is 108 Å². The van der Waals surface area contributed by atoms with E-state index >= 15 is 0 Å². The number of ether oxygens (including phenoxy) is 1. The maximum Gasteiger partial charge on any atom is 0.320 e. The summed E-state index contributed by atoms with van der Waals surface area (Å²) in [6.07, 6.45) is 1.95. The Balaban J connectivity index is 2.16. The second-order valence-electron chi connectivity index (χ2n) is 5.56. The molecule has 1 aliphatic carbocycles. The Morgan fingerprint density at radius 2 is 1.89 bits per heavy atom. The molecule has 0 unspecified atom stereocenters. The third-order valence-electron chi connectivity index (χ3n) is 2.36. The number of carbonyl (C=O) groups excluding carboxylic acids is 1. The van der Waals surface area contributed by atoms with Gasteiger partial charge in [-0.15, -0.1) is 0 Å². The molecule has 0 aromatic carbocycles. The summed E-state index contributed by atoms with van der Waals surface area (Å²) in [4.78, 5) is 11.4. The molecule has 0 amide bonds. The fourth-order valence-corrected chi connectivity index (χ4v) is 2.31. The Kier molecular flexibility index (Phi) is 4.74. The summed E-state index contributed by atoms with van der Waals surface area (Å²) in [5.41, 5.74) is -0.486. The number of hydrogen-bond donors (Lipinski definition) is 1. The molecule has 18 heavy (non-hydrogen) atoms. The molecule has 6 nitrogen and oxygen atoms in total. The van der Waals surface area contributed by atoms with Gasteiger partial charge in [0.2, 0.25) is 0 Å². The lowest BCUT2D eigenvalue weighted by Gasteiger charge is -2.34. The molecule has 0 aromatic heterocycles. The highest BCUT2D eigenvalue weighted by molar-refractivity contribution is 7.86. The van der Waals surface area contributed by atoms with E-state index in [2.05, 4.69) is 5.32 Å². The zero-order valence-electron chi connectivity index (χ0n) is 11.2. The van der Waals surface area contributed by atoms with Gasteiger partial charge in [0.05, 0.1) is 18.9 Å². The average Bonchev–Trinajstić information content (AvgIpc) is 2.03. The topological polar surface area (TPSA) is 81.7 Å². The van der Waals surface area contributed by atoms with Crippen LogP contribution in [0.15, 0.2) is 0 Å². The van der Waals surface area contributed by atoms with E-state index < -0.39 is 15.7 Å². The molecular formula is C11H21NO5S. The molecule has 0 saturated heterocycles. The fourth-order valence-electron chi connectivity index (χ4n) is 1.66. The highest BCUT2D eigenvalue weighted by atomic mass is 32.2. The Hall–Kier alpha value is -0.660. The van der Waals surface area contributed by atoms with Crippen molar-refractivity contribution in [2.75, 3.05) is 12.8 Å². The van der Waals surface area contributed by atoms with Gasteiger partial charge >= 0.3 is 5.97 Å². The summed E-state index contributed by atoms with van der Waals surface area (Å²) in [6, 6.07) is 0.115. The van der Waals surface area contributed by atoms with E-state index in [4.69, 9.17) is 8.92 Å². The molecule has 1 fully saturated rings. The lowest BCUT2D eigenvalue weighted by Crippen LogP contribution is -2.48. The quantitative estimate of drug-likeness (QED) is 0.580. The summed E-state index contributed by atoms with van der Waals surface area (Å²) < 4.78 is 31.6. The molecule has 0 heterocycles. The summed E-state index contributed by atoms with van der Waals surface area (Å²) in [5.74, 6) is -0.310. The van der Waals surface area contributed by atoms with Crippen LogP contribution in [0, 0.1) is 0 Å². The van der Waals surface area contributed by atoms with Gasteiger partial charge in [-0.1, -0.05) is 0 Å². The fraction of sp³-hybridized carbons (Fsp3) is 0.909. The van der Waals surface area contributed by atoms with E-state index in [9.17, 15) is 13.2 Å². The van der Waals surface area contributed by atoms with Gasteiger partial charge in [-0.05, 0) is 33.6 Å². The molecular weight excluding hydrogens is 258 g/mol. The first-order valence-corrected chi connectivity index (χ1v) is 7.70. The van der Waals surface area contributed by atoms with Crippen molar-refractivity contribution in [2.45, 2.75) is 51.4 Å². The predicted molar refractivity (Wildman–Crippen MR) is 66.6 cm³/mol. The summed E-state index contributed by atoms with van der Waals surface area (Å²) in [7, 11) is -3.38. The van der Waals surface area contributed by atoms with E-state index in [0.29, 0.717) is 12.8 Å².